The Morgan fingerprint density at radius 2 is 1.84 bits per heavy atom. The molecule has 0 aromatic heterocycles. The van der Waals surface area contributed by atoms with Gasteiger partial charge in [0.2, 0.25) is 0 Å². The molecule has 1 heterocycles. The van der Waals surface area contributed by atoms with E-state index in [4.69, 9.17) is 9.47 Å². The molecule has 0 saturated carbocycles. The standard InChI is InChI=1S/C19H25NO4S/c1-12-6-8-15(9-7-12)25(22)18-13(2)17(19(21)24-5)14(3)20-16(18)10-11-23-4/h6-9,13,20H,10-11H2,1-5H3/t13-,25+/m1/s1. The number of hydrogen-bond donors (Lipinski definition) is 1. The summed E-state index contributed by atoms with van der Waals surface area (Å²) >= 11 is 0. The summed E-state index contributed by atoms with van der Waals surface area (Å²) in [5.41, 5.74) is 3.20. The zero-order chi connectivity index (χ0) is 18.6. The van der Waals surface area contributed by atoms with Crippen molar-refractivity contribution in [2.24, 2.45) is 5.92 Å². The molecule has 136 valence electrons. The third-order valence-corrected chi connectivity index (χ3v) is 5.96. The van der Waals surface area contributed by atoms with E-state index in [-0.39, 0.29) is 5.92 Å². The molecule has 2 rings (SSSR count). The molecule has 0 fully saturated rings. The maximum atomic E-state index is 13.3. The summed E-state index contributed by atoms with van der Waals surface area (Å²) in [5, 5.41) is 3.24. The second-order valence-corrected chi connectivity index (χ2v) is 7.49. The highest BCUT2D eigenvalue weighted by Gasteiger charge is 2.33. The topological polar surface area (TPSA) is 64.6 Å². The van der Waals surface area contributed by atoms with Gasteiger partial charge in [0.1, 0.15) is 0 Å². The van der Waals surface area contributed by atoms with Gasteiger partial charge in [-0.2, -0.15) is 0 Å². The van der Waals surface area contributed by atoms with Gasteiger partial charge >= 0.3 is 5.97 Å². The van der Waals surface area contributed by atoms with Crippen LogP contribution in [0.2, 0.25) is 0 Å². The Hall–Kier alpha value is -1.92. The van der Waals surface area contributed by atoms with Crippen molar-refractivity contribution in [1.29, 1.82) is 0 Å². The van der Waals surface area contributed by atoms with E-state index < -0.39 is 16.8 Å². The number of nitrogens with one attached hydrogen (secondary N) is 1. The van der Waals surface area contributed by atoms with E-state index in [1.54, 1.807) is 7.11 Å². The normalized spacial score (nSPS) is 18.8. The number of methoxy groups -OCH3 is 2. The van der Waals surface area contributed by atoms with E-state index in [0.29, 0.717) is 28.4 Å². The molecule has 5 nitrogen and oxygen atoms in total. The van der Waals surface area contributed by atoms with Crippen LogP contribution in [0.25, 0.3) is 0 Å². The first-order valence-corrected chi connectivity index (χ1v) is 9.32. The average Bonchev–Trinajstić information content (AvgIpc) is 2.59. The predicted octanol–water partition coefficient (Wildman–Crippen LogP) is 3.04. The lowest BCUT2D eigenvalue weighted by atomic mass is 9.93. The second kappa shape index (κ2) is 8.45. The molecule has 0 unspecified atom stereocenters. The molecule has 0 bridgehead atoms. The van der Waals surface area contributed by atoms with E-state index in [1.165, 1.54) is 7.11 Å². The quantitative estimate of drug-likeness (QED) is 0.787. The van der Waals surface area contributed by atoms with Gasteiger partial charge in [-0.25, -0.2) is 9.00 Å². The summed E-state index contributed by atoms with van der Waals surface area (Å²) in [5.74, 6) is -0.704. The Morgan fingerprint density at radius 1 is 1.20 bits per heavy atom. The van der Waals surface area contributed by atoms with Crippen LogP contribution in [0, 0.1) is 12.8 Å². The number of carbonyl (C=O) groups is 1. The van der Waals surface area contributed by atoms with Crippen molar-refractivity contribution < 1.29 is 18.5 Å². The predicted molar refractivity (Wildman–Crippen MR) is 98.1 cm³/mol. The molecule has 1 aliphatic heterocycles. The minimum atomic E-state index is -1.38. The van der Waals surface area contributed by atoms with Gasteiger partial charge in [-0.3, -0.25) is 0 Å². The maximum absolute atomic E-state index is 13.3. The molecule has 1 aromatic rings. The van der Waals surface area contributed by atoms with Gasteiger partial charge < -0.3 is 14.8 Å². The lowest BCUT2D eigenvalue weighted by Crippen LogP contribution is -2.31. The molecule has 1 N–H and O–H groups in total. The molecule has 0 radical (unpaired) electrons. The Kier molecular flexibility index (Phi) is 6.56. The summed E-state index contributed by atoms with van der Waals surface area (Å²) in [7, 11) is 1.61. The zero-order valence-corrected chi connectivity index (χ0v) is 16.2. The van der Waals surface area contributed by atoms with Gasteiger partial charge in [-0.05, 0) is 26.0 Å². The molecular weight excluding hydrogens is 338 g/mol. The number of carbonyl (C=O) groups excluding carboxylic acids is 1. The van der Waals surface area contributed by atoms with Gasteiger partial charge in [-0.1, -0.05) is 24.6 Å². The molecule has 0 spiro atoms. The molecule has 0 aliphatic carbocycles. The van der Waals surface area contributed by atoms with Crippen LogP contribution in [-0.4, -0.2) is 31.0 Å². The fourth-order valence-corrected chi connectivity index (χ4v) is 4.42. The number of hydrogen-bond acceptors (Lipinski definition) is 5. The van der Waals surface area contributed by atoms with Crippen molar-refractivity contribution >= 4 is 16.8 Å². The fourth-order valence-electron chi connectivity index (χ4n) is 2.96. The Bertz CT molecular complexity index is 734. The van der Waals surface area contributed by atoms with Crippen molar-refractivity contribution in [2.75, 3.05) is 20.8 Å². The lowest BCUT2D eigenvalue weighted by molar-refractivity contribution is -0.136. The average molecular weight is 363 g/mol. The van der Waals surface area contributed by atoms with E-state index in [1.807, 2.05) is 45.0 Å². The third kappa shape index (κ3) is 4.19. The summed E-state index contributed by atoms with van der Waals surface area (Å²) in [6.45, 7) is 6.22. The third-order valence-electron chi connectivity index (χ3n) is 4.26. The zero-order valence-electron chi connectivity index (χ0n) is 15.3. The molecule has 0 amide bonds. The maximum Gasteiger partial charge on any atom is 0.336 e. The lowest BCUT2D eigenvalue weighted by Gasteiger charge is -2.29. The summed E-state index contributed by atoms with van der Waals surface area (Å²) in [4.78, 5) is 13.6. The number of benzene rings is 1. The van der Waals surface area contributed by atoms with Gasteiger partial charge in [0.15, 0.2) is 0 Å². The molecule has 25 heavy (non-hydrogen) atoms. The summed E-state index contributed by atoms with van der Waals surface area (Å²) < 4.78 is 23.3. The van der Waals surface area contributed by atoms with Crippen molar-refractivity contribution in [3.63, 3.8) is 0 Å². The van der Waals surface area contributed by atoms with E-state index in [2.05, 4.69) is 5.32 Å². The molecule has 6 heteroatoms. The van der Waals surface area contributed by atoms with E-state index in [9.17, 15) is 9.00 Å². The highest BCUT2D eigenvalue weighted by atomic mass is 32.2. The monoisotopic (exact) mass is 363 g/mol. The van der Waals surface area contributed by atoms with Gasteiger partial charge in [0, 0.05) is 40.6 Å². The molecule has 1 aliphatic rings. The number of allylic oxidation sites excluding steroid dienone is 2. The number of dihydropyridines is 1. The summed E-state index contributed by atoms with van der Waals surface area (Å²) in [6.07, 6.45) is 0.597. The van der Waals surface area contributed by atoms with Crippen LogP contribution in [0.15, 0.2) is 51.0 Å². The molecule has 2 atom stereocenters. The molecule has 1 aromatic carbocycles. The van der Waals surface area contributed by atoms with Crippen molar-refractivity contribution in [1.82, 2.24) is 5.32 Å². The van der Waals surface area contributed by atoms with Crippen LogP contribution in [0.1, 0.15) is 25.8 Å². The fraction of sp³-hybridized carbons (Fsp3) is 0.421. The minimum absolute atomic E-state index is 0.303. The van der Waals surface area contributed by atoms with Crippen LogP contribution in [-0.2, 0) is 25.1 Å². The van der Waals surface area contributed by atoms with E-state index >= 15 is 0 Å². The Labute approximate surface area is 151 Å². The van der Waals surface area contributed by atoms with Crippen LogP contribution >= 0.6 is 0 Å². The number of ether oxygens (including phenoxy) is 2. The van der Waals surface area contributed by atoms with E-state index in [0.717, 1.165) is 17.0 Å². The Balaban J connectivity index is 2.47. The van der Waals surface area contributed by atoms with Crippen LogP contribution in [0.5, 0.6) is 0 Å². The molecule has 0 saturated heterocycles. The van der Waals surface area contributed by atoms with Gasteiger partial charge in [0.25, 0.3) is 0 Å². The number of rotatable bonds is 6. The van der Waals surface area contributed by atoms with Crippen LogP contribution in [0.3, 0.4) is 0 Å². The second-order valence-electron chi connectivity index (χ2n) is 6.04. The number of aryl methyl sites for hydroxylation is 1. The Morgan fingerprint density at radius 3 is 2.40 bits per heavy atom. The number of esters is 1. The van der Waals surface area contributed by atoms with Crippen molar-refractivity contribution in [3.8, 4) is 0 Å². The highest BCUT2D eigenvalue weighted by Crippen LogP contribution is 2.35. The van der Waals surface area contributed by atoms with Crippen LogP contribution in [0.4, 0.5) is 0 Å². The summed E-state index contributed by atoms with van der Waals surface area (Å²) in [6, 6.07) is 7.60. The minimum Gasteiger partial charge on any atom is -0.466 e. The SMILES string of the molecule is COCCC1=C([S@@](=O)c2ccc(C)cc2)[C@H](C)C(C(=O)OC)=C(C)N1. The smallest absolute Gasteiger partial charge is 0.336 e. The van der Waals surface area contributed by atoms with Crippen LogP contribution < -0.4 is 5.32 Å². The first-order chi connectivity index (χ1) is 11.9. The van der Waals surface area contributed by atoms with Gasteiger partial charge in [-0.15, -0.1) is 0 Å². The molecular formula is C19H25NO4S. The van der Waals surface area contributed by atoms with Crippen molar-refractivity contribution in [2.45, 2.75) is 32.1 Å². The highest BCUT2D eigenvalue weighted by molar-refractivity contribution is 7.89. The van der Waals surface area contributed by atoms with Crippen molar-refractivity contribution in [3.05, 3.63) is 51.7 Å². The first-order valence-electron chi connectivity index (χ1n) is 8.17. The van der Waals surface area contributed by atoms with Gasteiger partial charge in [0.05, 0.1) is 30.1 Å². The largest absolute Gasteiger partial charge is 0.466 e. The first kappa shape index (κ1) is 19.4.